The molecular weight excluding hydrogens is 218 g/mol. The molecule has 3 nitrogen and oxygen atoms in total. The van der Waals surface area contributed by atoms with Crippen molar-refractivity contribution in [2.75, 3.05) is 0 Å². The lowest BCUT2D eigenvalue weighted by Crippen LogP contribution is -2.29. The summed E-state index contributed by atoms with van der Waals surface area (Å²) in [5.41, 5.74) is 1.71. The standard InChI is InChI=1S/C9H13NO2S2/c1-2-4-7(9(11)10-12)14-8-5-3-6-13-8/h3,5-7,12H,2,4H2,1H3,(H,10,11). The van der Waals surface area contributed by atoms with Crippen LogP contribution in [-0.4, -0.2) is 16.4 Å². The van der Waals surface area contributed by atoms with Gasteiger partial charge in [-0.2, -0.15) is 0 Å². The second-order valence-corrected chi connectivity index (χ2v) is 5.25. The van der Waals surface area contributed by atoms with E-state index < -0.39 is 0 Å². The topological polar surface area (TPSA) is 49.3 Å². The van der Waals surface area contributed by atoms with Crippen molar-refractivity contribution in [3.8, 4) is 0 Å². The highest BCUT2D eigenvalue weighted by Gasteiger charge is 2.18. The van der Waals surface area contributed by atoms with Crippen molar-refractivity contribution < 1.29 is 10.0 Å². The zero-order valence-electron chi connectivity index (χ0n) is 7.90. The number of hydroxylamine groups is 1. The highest BCUT2D eigenvalue weighted by Crippen LogP contribution is 2.29. The quantitative estimate of drug-likeness (QED) is 0.465. The first-order valence-electron chi connectivity index (χ1n) is 4.42. The third-order valence-corrected chi connectivity index (χ3v) is 4.05. The molecule has 0 saturated carbocycles. The molecule has 0 bridgehead atoms. The van der Waals surface area contributed by atoms with E-state index >= 15 is 0 Å². The van der Waals surface area contributed by atoms with Crippen molar-refractivity contribution in [1.82, 2.24) is 5.48 Å². The molecule has 1 heterocycles. The van der Waals surface area contributed by atoms with E-state index in [1.807, 2.05) is 24.4 Å². The molecule has 5 heteroatoms. The van der Waals surface area contributed by atoms with Crippen LogP contribution in [-0.2, 0) is 4.79 Å². The third kappa shape index (κ3) is 3.32. The van der Waals surface area contributed by atoms with Gasteiger partial charge in [0.25, 0.3) is 5.91 Å². The van der Waals surface area contributed by atoms with Gasteiger partial charge < -0.3 is 0 Å². The van der Waals surface area contributed by atoms with E-state index in [0.29, 0.717) is 0 Å². The zero-order valence-corrected chi connectivity index (χ0v) is 9.53. The molecule has 0 radical (unpaired) electrons. The van der Waals surface area contributed by atoms with Crippen LogP contribution in [0.3, 0.4) is 0 Å². The second-order valence-electron chi connectivity index (χ2n) is 2.80. The molecule has 0 aliphatic rings. The molecular formula is C9H13NO2S2. The van der Waals surface area contributed by atoms with E-state index in [9.17, 15) is 4.79 Å². The zero-order chi connectivity index (χ0) is 10.4. The van der Waals surface area contributed by atoms with Crippen LogP contribution < -0.4 is 5.48 Å². The molecule has 1 unspecified atom stereocenters. The number of carbonyl (C=O) groups is 1. The molecule has 78 valence electrons. The SMILES string of the molecule is CCCC(Sc1cccs1)C(=O)NO. The molecule has 0 aliphatic carbocycles. The van der Waals surface area contributed by atoms with Crippen LogP contribution >= 0.6 is 23.1 Å². The van der Waals surface area contributed by atoms with Gasteiger partial charge in [-0.1, -0.05) is 19.4 Å². The average molecular weight is 231 g/mol. The van der Waals surface area contributed by atoms with Crippen molar-refractivity contribution in [2.45, 2.75) is 29.2 Å². The average Bonchev–Trinajstić information content (AvgIpc) is 2.68. The Kier molecular flexibility index (Phi) is 5.00. The van der Waals surface area contributed by atoms with Gasteiger partial charge in [0, 0.05) is 0 Å². The summed E-state index contributed by atoms with van der Waals surface area (Å²) in [6.07, 6.45) is 1.70. The number of amides is 1. The molecule has 1 atom stereocenters. The van der Waals surface area contributed by atoms with E-state index in [1.165, 1.54) is 11.8 Å². The summed E-state index contributed by atoms with van der Waals surface area (Å²) in [4.78, 5) is 11.3. The molecule has 14 heavy (non-hydrogen) atoms. The van der Waals surface area contributed by atoms with Crippen LogP contribution in [0, 0.1) is 0 Å². The maximum atomic E-state index is 11.3. The minimum Gasteiger partial charge on any atom is -0.289 e. The lowest BCUT2D eigenvalue weighted by Gasteiger charge is -2.11. The van der Waals surface area contributed by atoms with Gasteiger partial charge in [0.15, 0.2) is 0 Å². The first-order chi connectivity index (χ1) is 6.77. The van der Waals surface area contributed by atoms with E-state index in [1.54, 1.807) is 16.8 Å². The number of hydrogen-bond donors (Lipinski definition) is 2. The van der Waals surface area contributed by atoms with Crippen LogP contribution in [0.15, 0.2) is 21.7 Å². The fourth-order valence-electron chi connectivity index (χ4n) is 1.05. The lowest BCUT2D eigenvalue weighted by molar-refractivity contribution is -0.128. The molecule has 0 aliphatic heterocycles. The van der Waals surface area contributed by atoms with Gasteiger partial charge in [0.2, 0.25) is 0 Å². The predicted octanol–water partition coefficient (Wildman–Crippen LogP) is 2.51. The molecule has 1 rings (SSSR count). The summed E-state index contributed by atoms with van der Waals surface area (Å²) >= 11 is 3.11. The van der Waals surface area contributed by atoms with Gasteiger partial charge in [0.1, 0.15) is 0 Å². The number of hydrogen-bond acceptors (Lipinski definition) is 4. The summed E-state index contributed by atoms with van der Waals surface area (Å²) in [6, 6.07) is 3.93. The van der Waals surface area contributed by atoms with Gasteiger partial charge in [0.05, 0.1) is 9.46 Å². The maximum Gasteiger partial charge on any atom is 0.256 e. The third-order valence-electron chi connectivity index (χ3n) is 1.71. The number of thiophene rings is 1. The van der Waals surface area contributed by atoms with Gasteiger partial charge in [-0.05, 0) is 17.9 Å². The second kappa shape index (κ2) is 6.06. The number of thioether (sulfide) groups is 1. The Balaban J connectivity index is 2.55. The van der Waals surface area contributed by atoms with Crippen molar-refractivity contribution in [2.24, 2.45) is 0 Å². The van der Waals surface area contributed by atoms with Crippen LogP contribution in [0.5, 0.6) is 0 Å². The number of rotatable bonds is 5. The maximum absolute atomic E-state index is 11.3. The van der Waals surface area contributed by atoms with Crippen LogP contribution in [0.1, 0.15) is 19.8 Å². The Labute approximate surface area is 91.5 Å². The van der Waals surface area contributed by atoms with Crippen LogP contribution in [0.2, 0.25) is 0 Å². The van der Waals surface area contributed by atoms with E-state index in [0.717, 1.165) is 17.1 Å². The Hall–Kier alpha value is -0.520. The molecule has 0 fully saturated rings. The summed E-state index contributed by atoms with van der Waals surface area (Å²) in [5, 5.41) is 10.3. The van der Waals surface area contributed by atoms with E-state index in [-0.39, 0.29) is 11.2 Å². The summed E-state index contributed by atoms with van der Waals surface area (Å²) < 4.78 is 1.10. The number of nitrogens with one attached hydrogen (secondary N) is 1. The molecule has 0 spiro atoms. The van der Waals surface area contributed by atoms with Crippen molar-refractivity contribution >= 4 is 29.0 Å². The van der Waals surface area contributed by atoms with E-state index in [4.69, 9.17) is 5.21 Å². The minimum absolute atomic E-state index is 0.191. The van der Waals surface area contributed by atoms with Crippen molar-refractivity contribution in [3.05, 3.63) is 17.5 Å². The van der Waals surface area contributed by atoms with E-state index in [2.05, 4.69) is 0 Å². The molecule has 1 amide bonds. The number of carbonyl (C=O) groups excluding carboxylic acids is 1. The Morgan fingerprint density at radius 1 is 1.79 bits per heavy atom. The minimum atomic E-state index is -0.315. The Morgan fingerprint density at radius 2 is 2.57 bits per heavy atom. The molecule has 0 aromatic carbocycles. The van der Waals surface area contributed by atoms with Crippen LogP contribution in [0.4, 0.5) is 0 Å². The highest BCUT2D eigenvalue weighted by molar-refractivity contribution is 8.02. The Morgan fingerprint density at radius 3 is 3.07 bits per heavy atom. The van der Waals surface area contributed by atoms with Gasteiger partial charge in [-0.15, -0.1) is 23.1 Å². The van der Waals surface area contributed by atoms with Gasteiger partial charge in [-0.3, -0.25) is 10.0 Å². The smallest absolute Gasteiger partial charge is 0.256 e. The monoisotopic (exact) mass is 231 g/mol. The molecule has 0 saturated heterocycles. The predicted molar refractivity (Wildman–Crippen MR) is 58.8 cm³/mol. The Bertz CT molecular complexity index is 274. The highest BCUT2D eigenvalue weighted by atomic mass is 32.2. The van der Waals surface area contributed by atoms with Crippen molar-refractivity contribution in [3.63, 3.8) is 0 Å². The van der Waals surface area contributed by atoms with Crippen molar-refractivity contribution in [1.29, 1.82) is 0 Å². The van der Waals surface area contributed by atoms with Gasteiger partial charge >= 0.3 is 0 Å². The van der Waals surface area contributed by atoms with Gasteiger partial charge in [-0.25, -0.2) is 5.48 Å². The summed E-state index contributed by atoms with van der Waals surface area (Å²) in [5.74, 6) is -0.315. The normalized spacial score (nSPS) is 12.4. The fourth-order valence-corrected chi connectivity index (χ4v) is 3.19. The largest absolute Gasteiger partial charge is 0.289 e. The molecule has 2 N–H and O–H groups in total. The molecule has 1 aromatic heterocycles. The summed E-state index contributed by atoms with van der Waals surface area (Å²) in [6.45, 7) is 2.02. The molecule has 1 aromatic rings. The first kappa shape index (κ1) is 11.6. The fraction of sp³-hybridized carbons (Fsp3) is 0.444. The lowest BCUT2D eigenvalue weighted by atomic mass is 10.2. The first-order valence-corrected chi connectivity index (χ1v) is 6.18. The van der Waals surface area contributed by atoms with Crippen LogP contribution in [0.25, 0.3) is 0 Å². The summed E-state index contributed by atoms with van der Waals surface area (Å²) in [7, 11) is 0.